The van der Waals surface area contributed by atoms with Gasteiger partial charge in [0, 0.05) is 18.7 Å². The number of hydrogen-bond acceptors (Lipinski definition) is 4. The Hall–Kier alpha value is -2.33. The van der Waals surface area contributed by atoms with Crippen molar-refractivity contribution in [3.63, 3.8) is 0 Å². The van der Waals surface area contributed by atoms with Gasteiger partial charge in [-0.25, -0.2) is 14.3 Å². The molecule has 156 valence electrons. The summed E-state index contributed by atoms with van der Waals surface area (Å²) in [7, 11) is 0. The topological polar surface area (TPSA) is 71.8 Å². The van der Waals surface area contributed by atoms with E-state index in [4.69, 9.17) is 16.3 Å². The first kappa shape index (κ1) is 20.0. The van der Waals surface area contributed by atoms with Crippen LogP contribution in [0.15, 0.2) is 24.9 Å². The zero-order chi connectivity index (χ0) is 21.0. The van der Waals surface area contributed by atoms with E-state index in [1.165, 1.54) is 12.3 Å². The average molecular weight is 430 g/mol. The molecule has 0 aromatic carbocycles. The minimum Gasteiger partial charge on any atom is -0.378 e. The van der Waals surface area contributed by atoms with Gasteiger partial charge in [0.1, 0.15) is 5.41 Å². The molecule has 7 nitrogen and oxygen atoms in total. The molecule has 1 N–H and O–H groups in total. The molecule has 0 bridgehead atoms. The van der Waals surface area contributed by atoms with Crippen molar-refractivity contribution in [1.82, 2.24) is 19.9 Å². The summed E-state index contributed by atoms with van der Waals surface area (Å²) in [5.41, 5.74) is -2.55. The summed E-state index contributed by atoms with van der Waals surface area (Å²) in [6, 6.07) is 0.547. The summed E-state index contributed by atoms with van der Waals surface area (Å²) >= 11 is 5.89. The van der Waals surface area contributed by atoms with Crippen LogP contribution in [0.25, 0.3) is 5.65 Å². The van der Waals surface area contributed by atoms with E-state index in [0.29, 0.717) is 19.4 Å². The number of nitrogens with one attached hydrogen (secondary N) is 1. The Morgan fingerprint density at radius 3 is 2.93 bits per heavy atom. The second kappa shape index (κ2) is 6.88. The first-order valence-corrected chi connectivity index (χ1v) is 9.49. The van der Waals surface area contributed by atoms with Crippen molar-refractivity contribution in [3.8, 4) is 0 Å². The van der Waals surface area contributed by atoms with Gasteiger partial charge in [0.15, 0.2) is 10.8 Å². The van der Waals surface area contributed by atoms with Crippen molar-refractivity contribution in [1.29, 1.82) is 0 Å². The van der Waals surface area contributed by atoms with Gasteiger partial charge in [-0.05, 0) is 19.8 Å². The number of rotatable bonds is 2. The second-order valence-corrected chi connectivity index (χ2v) is 7.73. The van der Waals surface area contributed by atoms with Gasteiger partial charge >= 0.3 is 12.2 Å². The van der Waals surface area contributed by atoms with Gasteiger partial charge in [0.05, 0.1) is 30.2 Å². The Bertz CT molecular complexity index is 978. The number of nitrogens with zero attached hydrogens (tertiary/aromatic N) is 4. The summed E-state index contributed by atoms with van der Waals surface area (Å²) in [6.07, 6.45) is -1.51. The van der Waals surface area contributed by atoms with Crippen LogP contribution in [-0.4, -0.2) is 52.1 Å². The monoisotopic (exact) mass is 429 g/mol. The van der Waals surface area contributed by atoms with Gasteiger partial charge in [-0.1, -0.05) is 17.7 Å². The third-order valence-electron chi connectivity index (χ3n) is 5.47. The van der Waals surface area contributed by atoms with Crippen LogP contribution in [0, 0.1) is 0 Å². The van der Waals surface area contributed by atoms with Crippen molar-refractivity contribution >= 4 is 29.0 Å². The van der Waals surface area contributed by atoms with E-state index in [1.807, 2.05) is 6.92 Å². The Morgan fingerprint density at radius 2 is 2.28 bits per heavy atom. The van der Waals surface area contributed by atoms with E-state index in [2.05, 4.69) is 22.0 Å². The number of anilines is 1. The minimum absolute atomic E-state index is 0.00475. The van der Waals surface area contributed by atoms with Crippen molar-refractivity contribution in [3.05, 3.63) is 35.8 Å². The molecule has 29 heavy (non-hydrogen) atoms. The fourth-order valence-electron chi connectivity index (χ4n) is 3.98. The van der Waals surface area contributed by atoms with E-state index in [-0.39, 0.29) is 34.3 Å². The van der Waals surface area contributed by atoms with Crippen molar-refractivity contribution in [2.75, 3.05) is 18.1 Å². The lowest BCUT2D eigenvalue weighted by Crippen LogP contribution is -2.51. The summed E-state index contributed by atoms with van der Waals surface area (Å²) < 4.78 is 49.2. The standard InChI is InChI=1S/C18H19ClF3N5O2/c1-3-17(18(20,21)22)9-26(16(28)24-11-4-5-29-10(2)6-11)12-8-23-14-7-13(19)25-27(14)15(12)17/h3,7-8,10-11H,1,4-6,9H2,2H3,(H,24,28)/t10?,11?,17-/m1/s1. The molecule has 1 saturated heterocycles. The van der Waals surface area contributed by atoms with Crippen LogP contribution in [0.3, 0.4) is 0 Å². The maximum absolute atomic E-state index is 14.2. The third-order valence-corrected chi connectivity index (χ3v) is 5.65. The maximum Gasteiger partial charge on any atom is 0.405 e. The molecule has 3 atom stereocenters. The van der Waals surface area contributed by atoms with E-state index < -0.39 is 24.2 Å². The van der Waals surface area contributed by atoms with Crippen molar-refractivity contribution < 1.29 is 22.7 Å². The van der Waals surface area contributed by atoms with Crippen molar-refractivity contribution in [2.24, 2.45) is 0 Å². The predicted octanol–water partition coefficient (Wildman–Crippen LogP) is 3.47. The quantitative estimate of drug-likeness (QED) is 0.742. The van der Waals surface area contributed by atoms with Crippen LogP contribution in [0.2, 0.25) is 5.15 Å². The van der Waals surface area contributed by atoms with Gasteiger partial charge in [0.2, 0.25) is 0 Å². The van der Waals surface area contributed by atoms with Crippen LogP contribution < -0.4 is 10.2 Å². The Kier molecular flexibility index (Phi) is 4.73. The lowest BCUT2D eigenvalue weighted by atomic mass is 9.85. The van der Waals surface area contributed by atoms with E-state index in [1.54, 1.807) is 0 Å². The zero-order valence-electron chi connectivity index (χ0n) is 15.5. The zero-order valence-corrected chi connectivity index (χ0v) is 16.3. The summed E-state index contributed by atoms with van der Waals surface area (Å²) in [6.45, 7) is 5.14. The Labute approximate surface area is 169 Å². The molecule has 2 aromatic heterocycles. The number of alkyl halides is 3. The molecule has 2 aliphatic rings. The predicted molar refractivity (Wildman–Crippen MR) is 100 cm³/mol. The lowest BCUT2D eigenvalue weighted by Gasteiger charge is -2.31. The molecule has 2 amide bonds. The molecular weight excluding hydrogens is 411 g/mol. The lowest BCUT2D eigenvalue weighted by molar-refractivity contribution is -0.172. The van der Waals surface area contributed by atoms with Crippen LogP contribution in [0.4, 0.5) is 23.7 Å². The van der Waals surface area contributed by atoms with E-state index in [9.17, 15) is 18.0 Å². The molecule has 2 unspecified atom stereocenters. The van der Waals surface area contributed by atoms with Gasteiger partial charge in [0.25, 0.3) is 0 Å². The number of fused-ring (bicyclic) bond motifs is 3. The molecule has 0 saturated carbocycles. The molecule has 4 heterocycles. The van der Waals surface area contributed by atoms with Gasteiger partial charge < -0.3 is 10.1 Å². The summed E-state index contributed by atoms with van der Waals surface area (Å²) in [5.74, 6) is 0. The molecular formula is C18H19ClF3N5O2. The highest BCUT2D eigenvalue weighted by Gasteiger charge is 2.62. The number of aromatic nitrogens is 3. The number of carbonyl (C=O) groups is 1. The van der Waals surface area contributed by atoms with E-state index in [0.717, 1.165) is 15.5 Å². The van der Waals surface area contributed by atoms with Gasteiger partial charge in [-0.2, -0.15) is 18.3 Å². The van der Waals surface area contributed by atoms with Gasteiger partial charge in [-0.3, -0.25) is 4.90 Å². The number of ether oxygens (including phenoxy) is 1. The number of halogens is 4. The molecule has 0 spiro atoms. The average Bonchev–Trinajstić information content (AvgIpc) is 3.18. The minimum atomic E-state index is -4.71. The van der Waals surface area contributed by atoms with E-state index >= 15 is 0 Å². The smallest absolute Gasteiger partial charge is 0.378 e. The normalized spacial score (nSPS) is 27.1. The third kappa shape index (κ3) is 3.14. The molecule has 4 rings (SSSR count). The SMILES string of the molecule is C=C[C@@]1(C(F)(F)F)CN(C(=O)NC2CCOC(C)C2)c2cnc3cc(Cl)nn3c21. The summed E-state index contributed by atoms with van der Waals surface area (Å²) in [4.78, 5) is 18.1. The molecule has 0 radical (unpaired) electrons. The molecule has 2 aromatic rings. The number of amides is 2. The van der Waals surface area contributed by atoms with Crippen LogP contribution in [-0.2, 0) is 10.2 Å². The molecule has 0 aliphatic carbocycles. The molecule has 2 aliphatic heterocycles. The first-order chi connectivity index (χ1) is 13.7. The van der Waals surface area contributed by atoms with Crippen LogP contribution >= 0.6 is 11.6 Å². The highest BCUT2D eigenvalue weighted by molar-refractivity contribution is 6.29. The second-order valence-electron chi connectivity index (χ2n) is 7.34. The fourth-order valence-corrected chi connectivity index (χ4v) is 4.16. The number of urea groups is 1. The van der Waals surface area contributed by atoms with Crippen LogP contribution in [0.1, 0.15) is 25.5 Å². The number of hydrogen-bond donors (Lipinski definition) is 1. The highest BCUT2D eigenvalue weighted by atomic mass is 35.5. The van der Waals surface area contributed by atoms with Crippen LogP contribution in [0.5, 0.6) is 0 Å². The fraction of sp³-hybridized carbons (Fsp3) is 0.500. The first-order valence-electron chi connectivity index (χ1n) is 9.11. The maximum atomic E-state index is 14.2. The number of carbonyl (C=O) groups excluding carboxylic acids is 1. The highest BCUT2D eigenvalue weighted by Crippen LogP contribution is 2.50. The van der Waals surface area contributed by atoms with Crippen molar-refractivity contribution in [2.45, 2.75) is 43.5 Å². The molecule has 11 heteroatoms. The Balaban J connectivity index is 1.78. The largest absolute Gasteiger partial charge is 0.405 e. The van der Waals surface area contributed by atoms with Gasteiger partial charge in [-0.15, -0.1) is 6.58 Å². The summed E-state index contributed by atoms with van der Waals surface area (Å²) in [5, 5.41) is 6.78. The molecule has 1 fully saturated rings. The Morgan fingerprint density at radius 1 is 1.52 bits per heavy atom.